The van der Waals surface area contributed by atoms with E-state index in [0.29, 0.717) is 12.2 Å². The third-order valence-electron chi connectivity index (χ3n) is 3.90. The number of hydrogen-bond acceptors (Lipinski definition) is 3. The molecule has 1 aliphatic rings. The molecule has 23 heavy (non-hydrogen) atoms. The lowest BCUT2D eigenvalue weighted by molar-refractivity contribution is -0.122. The van der Waals surface area contributed by atoms with Gasteiger partial charge < -0.3 is 9.64 Å². The second-order valence-corrected chi connectivity index (χ2v) is 5.39. The first-order valence-corrected chi connectivity index (χ1v) is 7.34. The van der Waals surface area contributed by atoms with Gasteiger partial charge in [0.2, 0.25) is 5.91 Å². The summed E-state index contributed by atoms with van der Waals surface area (Å²) in [5.41, 5.74) is 10.3. The van der Waals surface area contributed by atoms with Gasteiger partial charge in [-0.05, 0) is 35.7 Å². The lowest BCUT2D eigenvalue weighted by Crippen LogP contribution is -2.40. The van der Waals surface area contributed by atoms with Crippen LogP contribution in [-0.2, 0) is 11.2 Å². The van der Waals surface area contributed by atoms with Gasteiger partial charge in [-0.1, -0.05) is 35.4 Å². The molecule has 0 saturated carbocycles. The molecule has 2 aromatic carbocycles. The number of rotatable bonds is 4. The fourth-order valence-electron chi connectivity index (χ4n) is 2.83. The van der Waals surface area contributed by atoms with Gasteiger partial charge in [-0.15, -0.1) is 0 Å². The van der Waals surface area contributed by atoms with Crippen LogP contribution < -0.4 is 9.64 Å². The number of carbonyl (C=O) groups excluding carboxylic acids is 1. The Kier molecular flexibility index (Phi) is 4.17. The molecule has 1 unspecified atom stereocenters. The van der Waals surface area contributed by atoms with Crippen molar-refractivity contribution in [2.75, 3.05) is 18.5 Å². The predicted molar refractivity (Wildman–Crippen MR) is 87.6 cm³/mol. The average Bonchev–Trinajstić information content (AvgIpc) is 2.58. The second-order valence-electron chi connectivity index (χ2n) is 5.39. The Bertz CT molecular complexity index is 769. The molecule has 3 rings (SSSR count). The minimum absolute atomic E-state index is 0.0611. The van der Waals surface area contributed by atoms with Gasteiger partial charge in [-0.3, -0.25) is 4.79 Å². The Morgan fingerprint density at radius 2 is 2.04 bits per heavy atom. The normalized spacial score (nSPS) is 16.5. The van der Waals surface area contributed by atoms with Crippen LogP contribution in [0, 0.1) is 5.92 Å². The molecule has 0 aliphatic carbocycles. The highest BCUT2D eigenvalue weighted by Crippen LogP contribution is 2.39. The molecule has 6 heteroatoms. The summed E-state index contributed by atoms with van der Waals surface area (Å²) in [7, 11) is 1.72. The third-order valence-corrected chi connectivity index (χ3v) is 3.90. The molecule has 1 heterocycles. The van der Waals surface area contributed by atoms with Gasteiger partial charge in [0.1, 0.15) is 5.75 Å². The molecule has 0 bridgehead atoms. The lowest BCUT2D eigenvalue weighted by atomic mass is 9.91. The minimum Gasteiger partial charge on any atom is -0.455 e. The molecule has 1 aliphatic heterocycles. The maximum absolute atomic E-state index is 12.5. The van der Waals surface area contributed by atoms with Crippen molar-refractivity contribution < 1.29 is 9.53 Å². The van der Waals surface area contributed by atoms with Crippen molar-refractivity contribution in [3.63, 3.8) is 0 Å². The van der Waals surface area contributed by atoms with E-state index in [1.54, 1.807) is 11.9 Å². The van der Waals surface area contributed by atoms with E-state index in [0.717, 1.165) is 17.0 Å². The third kappa shape index (κ3) is 2.98. The molecule has 6 nitrogen and oxygen atoms in total. The number of hydrogen-bond donors (Lipinski definition) is 0. The Labute approximate surface area is 133 Å². The van der Waals surface area contributed by atoms with Crippen LogP contribution in [0.4, 0.5) is 5.69 Å². The highest BCUT2D eigenvalue weighted by Gasteiger charge is 2.32. The summed E-state index contributed by atoms with van der Waals surface area (Å²) >= 11 is 0. The second kappa shape index (κ2) is 6.42. The van der Waals surface area contributed by atoms with Gasteiger partial charge in [0, 0.05) is 24.4 Å². The monoisotopic (exact) mass is 308 g/mol. The van der Waals surface area contributed by atoms with Crippen LogP contribution in [0.3, 0.4) is 0 Å². The van der Waals surface area contributed by atoms with Crippen LogP contribution in [0.15, 0.2) is 53.6 Å². The SMILES string of the molecule is CN1C(=O)C(CN=[N+]=[N-])Cc2cccc(Oc3ccccc3)c21. The topological polar surface area (TPSA) is 78.3 Å². The first-order valence-electron chi connectivity index (χ1n) is 7.34. The molecule has 0 aromatic heterocycles. The number of para-hydroxylation sites is 2. The molecule has 0 spiro atoms. The number of amides is 1. The zero-order valence-electron chi connectivity index (χ0n) is 12.7. The van der Waals surface area contributed by atoms with Crippen LogP contribution in [-0.4, -0.2) is 19.5 Å². The van der Waals surface area contributed by atoms with Crippen molar-refractivity contribution in [1.82, 2.24) is 0 Å². The Morgan fingerprint density at radius 1 is 1.26 bits per heavy atom. The van der Waals surface area contributed by atoms with Crippen LogP contribution in [0.25, 0.3) is 10.4 Å². The van der Waals surface area contributed by atoms with Gasteiger partial charge in [0.15, 0.2) is 5.75 Å². The highest BCUT2D eigenvalue weighted by atomic mass is 16.5. The number of nitrogens with zero attached hydrogens (tertiary/aromatic N) is 4. The summed E-state index contributed by atoms with van der Waals surface area (Å²) in [6.07, 6.45) is 0.545. The standard InChI is InChI=1S/C17H16N4O2/c1-21-16-12(10-13(17(21)22)11-19-20-18)6-5-9-15(16)23-14-7-3-2-4-8-14/h2-9,13H,10-11H2,1H3. The number of ether oxygens (including phenoxy) is 1. The van der Waals surface area contributed by atoms with Crippen molar-refractivity contribution in [1.29, 1.82) is 0 Å². The van der Waals surface area contributed by atoms with Gasteiger partial charge in [-0.25, -0.2) is 0 Å². The first-order chi connectivity index (χ1) is 11.2. The van der Waals surface area contributed by atoms with E-state index in [1.165, 1.54) is 0 Å². The highest BCUT2D eigenvalue weighted by molar-refractivity contribution is 5.99. The Morgan fingerprint density at radius 3 is 2.78 bits per heavy atom. The van der Waals surface area contributed by atoms with Crippen molar-refractivity contribution in [3.05, 3.63) is 64.5 Å². The number of carbonyl (C=O) groups is 1. The number of benzene rings is 2. The van der Waals surface area contributed by atoms with Gasteiger partial charge in [0.25, 0.3) is 0 Å². The van der Waals surface area contributed by atoms with E-state index in [2.05, 4.69) is 10.0 Å². The molecule has 1 amide bonds. The summed E-state index contributed by atoms with van der Waals surface area (Å²) in [5, 5.41) is 3.55. The van der Waals surface area contributed by atoms with E-state index >= 15 is 0 Å². The van der Waals surface area contributed by atoms with Crippen LogP contribution in [0.5, 0.6) is 11.5 Å². The summed E-state index contributed by atoms with van der Waals surface area (Å²) in [4.78, 5) is 16.8. The molecule has 0 saturated heterocycles. The largest absolute Gasteiger partial charge is 0.455 e. The summed E-state index contributed by atoms with van der Waals surface area (Å²) in [6, 6.07) is 15.2. The van der Waals surface area contributed by atoms with Crippen LogP contribution in [0.2, 0.25) is 0 Å². The number of azide groups is 1. The van der Waals surface area contributed by atoms with Crippen molar-refractivity contribution in [3.8, 4) is 11.5 Å². The van der Waals surface area contributed by atoms with Crippen molar-refractivity contribution >= 4 is 11.6 Å². The maximum atomic E-state index is 12.5. The van der Waals surface area contributed by atoms with Crippen molar-refractivity contribution in [2.24, 2.45) is 11.0 Å². The quantitative estimate of drug-likeness (QED) is 0.487. The van der Waals surface area contributed by atoms with Gasteiger partial charge in [0.05, 0.1) is 5.69 Å². The molecule has 0 fully saturated rings. The summed E-state index contributed by atoms with van der Waals surface area (Å²) in [6.45, 7) is 0.170. The average molecular weight is 308 g/mol. The predicted octanol–water partition coefficient (Wildman–Crippen LogP) is 3.92. The Balaban J connectivity index is 1.95. The molecule has 0 radical (unpaired) electrons. The van der Waals surface area contributed by atoms with E-state index in [4.69, 9.17) is 10.3 Å². The minimum atomic E-state index is -0.324. The van der Waals surface area contributed by atoms with E-state index < -0.39 is 0 Å². The Hall–Kier alpha value is -2.98. The molecule has 0 N–H and O–H groups in total. The molecule has 2 aromatic rings. The maximum Gasteiger partial charge on any atom is 0.230 e. The molecule has 1 atom stereocenters. The van der Waals surface area contributed by atoms with E-state index in [1.807, 2.05) is 48.5 Å². The van der Waals surface area contributed by atoms with E-state index in [9.17, 15) is 4.79 Å². The van der Waals surface area contributed by atoms with Gasteiger partial charge in [-0.2, -0.15) is 0 Å². The van der Waals surface area contributed by atoms with E-state index in [-0.39, 0.29) is 18.4 Å². The van der Waals surface area contributed by atoms with Gasteiger partial charge >= 0.3 is 0 Å². The lowest BCUT2D eigenvalue weighted by Gasteiger charge is -2.32. The molecular formula is C17H16N4O2. The zero-order valence-corrected chi connectivity index (χ0v) is 12.7. The summed E-state index contributed by atoms with van der Waals surface area (Å²) in [5.74, 6) is 0.981. The molecule has 116 valence electrons. The number of anilines is 1. The molecular weight excluding hydrogens is 292 g/mol. The first kappa shape index (κ1) is 14.9. The number of fused-ring (bicyclic) bond motifs is 1. The van der Waals surface area contributed by atoms with Crippen LogP contribution in [0.1, 0.15) is 5.56 Å². The fraction of sp³-hybridized carbons (Fsp3) is 0.235. The zero-order chi connectivity index (χ0) is 16.2. The fourth-order valence-corrected chi connectivity index (χ4v) is 2.83. The van der Waals surface area contributed by atoms with Crippen molar-refractivity contribution in [2.45, 2.75) is 6.42 Å². The smallest absolute Gasteiger partial charge is 0.230 e. The summed E-state index contributed by atoms with van der Waals surface area (Å²) < 4.78 is 5.94. The van der Waals surface area contributed by atoms with Crippen LogP contribution >= 0.6 is 0 Å².